The normalized spacial score (nSPS) is 16.8. The largest absolute Gasteiger partial charge is 0.416 e. The number of anilines is 1. The van der Waals surface area contributed by atoms with Gasteiger partial charge in [-0.25, -0.2) is 9.97 Å². The number of hydrogen-bond acceptors (Lipinski definition) is 7. The monoisotopic (exact) mass is 575 g/mol. The Balaban J connectivity index is 1.31. The Bertz CT molecular complexity index is 1450. The first-order valence-electron chi connectivity index (χ1n) is 12.4. The summed E-state index contributed by atoms with van der Waals surface area (Å²) in [5.41, 5.74) is 1.31. The molecule has 3 aromatic rings. The first kappa shape index (κ1) is 27.8. The van der Waals surface area contributed by atoms with Gasteiger partial charge in [0.25, 0.3) is 5.91 Å². The van der Waals surface area contributed by atoms with Gasteiger partial charge in [-0.15, -0.1) is 0 Å². The molecule has 2 aliphatic heterocycles. The molecule has 2 aliphatic rings. The number of ether oxygens (including phenoxy) is 1. The molecule has 0 unspecified atom stereocenters. The molecule has 0 saturated carbocycles. The number of carbonyl (C=O) groups is 2. The third-order valence-electron chi connectivity index (χ3n) is 6.89. The molecule has 210 valence electrons. The van der Waals surface area contributed by atoms with Gasteiger partial charge in [0, 0.05) is 17.7 Å². The second kappa shape index (κ2) is 11.0. The van der Waals surface area contributed by atoms with Gasteiger partial charge in [0.05, 0.1) is 54.4 Å². The number of carbonyl (C=O) groups excluding carboxylic acids is 2. The van der Waals surface area contributed by atoms with Gasteiger partial charge in [-0.2, -0.15) is 13.2 Å². The maximum absolute atomic E-state index is 13.3. The highest BCUT2D eigenvalue weighted by molar-refractivity contribution is 6.33. The fraction of sp³-hybridized carbons (Fsp3) is 0.333. The molecular weight excluding hydrogens is 551 g/mol. The summed E-state index contributed by atoms with van der Waals surface area (Å²) in [5.74, 6) is -0.632. The molecule has 0 radical (unpaired) electrons. The van der Waals surface area contributed by atoms with Crippen LogP contribution in [0.2, 0.25) is 5.02 Å². The van der Waals surface area contributed by atoms with Crippen LogP contribution in [-0.4, -0.2) is 63.7 Å². The topological polar surface area (TPSA) is 117 Å². The van der Waals surface area contributed by atoms with E-state index in [2.05, 4.69) is 20.6 Å². The Hall–Kier alpha value is -3.74. The number of aliphatic hydroxyl groups is 1. The van der Waals surface area contributed by atoms with Crippen LogP contribution in [0.3, 0.4) is 0 Å². The van der Waals surface area contributed by atoms with Crippen molar-refractivity contribution in [1.29, 1.82) is 0 Å². The molecule has 1 fully saturated rings. The van der Waals surface area contributed by atoms with Gasteiger partial charge >= 0.3 is 6.18 Å². The number of benzene rings is 2. The highest BCUT2D eigenvalue weighted by Crippen LogP contribution is 2.33. The number of nitrogens with zero attached hydrogens (tertiary/aromatic N) is 3. The number of halogens is 4. The summed E-state index contributed by atoms with van der Waals surface area (Å²) in [7, 11) is 0. The molecule has 0 spiro atoms. The predicted molar refractivity (Wildman–Crippen MR) is 139 cm³/mol. The maximum atomic E-state index is 13.3. The van der Waals surface area contributed by atoms with Crippen LogP contribution >= 0.6 is 11.6 Å². The van der Waals surface area contributed by atoms with E-state index in [-0.39, 0.29) is 18.2 Å². The van der Waals surface area contributed by atoms with Crippen LogP contribution in [0.25, 0.3) is 11.3 Å². The lowest BCUT2D eigenvalue weighted by Gasteiger charge is -2.26. The fourth-order valence-electron chi connectivity index (χ4n) is 4.52. The summed E-state index contributed by atoms with van der Waals surface area (Å²) >= 11 is 6.36. The Kier molecular flexibility index (Phi) is 7.67. The van der Waals surface area contributed by atoms with Crippen molar-refractivity contribution in [2.24, 2.45) is 0 Å². The third kappa shape index (κ3) is 5.60. The summed E-state index contributed by atoms with van der Waals surface area (Å²) in [4.78, 5) is 36.4. The van der Waals surface area contributed by atoms with Gasteiger partial charge in [-0.05, 0) is 36.2 Å². The molecule has 13 heteroatoms. The number of amides is 2. The van der Waals surface area contributed by atoms with E-state index < -0.39 is 42.2 Å². The van der Waals surface area contributed by atoms with Crippen molar-refractivity contribution in [3.8, 4) is 11.3 Å². The number of aliphatic hydroxyl groups excluding tert-OH is 1. The zero-order chi connectivity index (χ0) is 28.6. The molecule has 9 nitrogen and oxygen atoms in total. The van der Waals surface area contributed by atoms with Crippen molar-refractivity contribution in [3.63, 3.8) is 0 Å². The molecular formula is C27H25ClF3N5O4. The van der Waals surface area contributed by atoms with Crippen LogP contribution in [0.4, 0.5) is 19.1 Å². The smallest absolute Gasteiger partial charge is 0.394 e. The van der Waals surface area contributed by atoms with Gasteiger partial charge in [0.1, 0.15) is 6.04 Å². The summed E-state index contributed by atoms with van der Waals surface area (Å²) in [6.45, 7) is 2.15. The summed E-state index contributed by atoms with van der Waals surface area (Å²) in [6, 6.07) is 7.64. The lowest BCUT2D eigenvalue weighted by molar-refractivity contribution is -0.137. The molecule has 3 heterocycles. The molecule has 40 heavy (non-hydrogen) atoms. The minimum Gasteiger partial charge on any atom is -0.394 e. The second-order valence-electron chi connectivity index (χ2n) is 9.62. The standard InChI is InChI=1S/C27H25ClF3N5O4/c1-14(24(38)34-22(11-37)15-3-2-4-18(7-15)27(29,30)31)36-10-17-6-5-16(8-20(17)25(36)39)23-21(28)9-32-26(35-23)33-19-12-40-13-19/h2-9,14,19,22,37H,10-13H2,1H3,(H,34,38)(H,32,33,35)/t14-,22-/m1/s1. The van der Waals surface area contributed by atoms with Crippen molar-refractivity contribution in [3.05, 3.63) is 75.9 Å². The zero-order valence-corrected chi connectivity index (χ0v) is 22.0. The van der Waals surface area contributed by atoms with Gasteiger partial charge in [-0.1, -0.05) is 35.9 Å². The fourth-order valence-corrected chi connectivity index (χ4v) is 4.72. The Morgan fingerprint density at radius 3 is 2.70 bits per heavy atom. The minimum absolute atomic E-state index is 0.0963. The van der Waals surface area contributed by atoms with E-state index in [1.54, 1.807) is 18.2 Å². The molecule has 2 aromatic carbocycles. The van der Waals surface area contributed by atoms with E-state index in [4.69, 9.17) is 16.3 Å². The molecule has 1 aromatic heterocycles. The van der Waals surface area contributed by atoms with Crippen molar-refractivity contribution in [2.75, 3.05) is 25.1 Å². The van der Waals surface area contributed by atoms with Crippen LogP contribution < -0.4 is 10.6 Å². The Labute approximate surface area is 232 Å². The summed E-state index contributed by atoms with van der Waals surface area (Å²) in [6.07, 6.45) is -3.10. The first-order valence-corrected chi connectivity index (χ1v) is 12.8. The zero-order valence-electron chi connectivity index (χ0n) is 21.2. The highest BCUT2D eigenvalue weighted by atomic mass is 35.5. The van der Waals surface area contributed by atoms with E-state index in [0.717, 1.165) is 12.1 Å². The average molecular weight is 576 g/mol. The van der Waals surface area contributed by atoms with Crippen LogP contribution in [0.1, 0.15) is 40.0 Å². The molecule has 5 rings (SSSR count). The molecule has 2 amide bonds. The van der Waals surface area contributed by atoms with E-state index in [9.17, 15) is 27.9 Å². The maximum Gasteiger partial charge on any atom is 0.416 e. The Morgan fingerprint density at radius 1 is 1.25 bits per heavy atom. The quantitative estimate of drug-likeness (QED) is 0.374. The number of fused-ring (bicyclic) bond motifs is 1. The number of rotatable bonds is 8. The van der Waals surface area contributed by atoms with E-state index in [1.807, 2.05) is 0 Å². The lowest BCUT2D eigenvalue weighted by atomic mass is 10.0. The Morgan fingerprint density at radius 2 is 2.02 bits per heavy atom. The van der Waals surface area contributed by atoms with Gasteiger partial charge in [0.15, 0.2) is 0 Å². The summed E-state index contributed by atoms with van der Waals surface area (Å²) in [5, 5.41) is 15.8. The molecule has 2 atom stereocenters. The SMILES string of the molecule is C[C@H](C(=O)N[C@H](CO)c1cccc(C(F)(F)F)c1)N1Cc2ccc(-c3nc(NC4COC4)ncc3Cl)cc2C1=O. The van der Waals surface area contributed by atoms with Crippen molar-refractivity contribution in [2.45, 2.75) is 37.8 Å². The minimum atomic E-state index is -4.57. The van der Waals surface area contributed by atoms with E-state index in [1.165, 1.54) is 30.2 Å². The lowest BCUT2D eigenvalue weighted by Crippen LogP contribution is -2.46. The van der Waals surface area contributed by atoms with Crippen molar-refractivity contribution < 1.29 is 32.6 Å². The molecule has 0 aliphatic carbocycles. The molecule has 3 N–H and O–H groups in total. The molecule has 0 bridgehead atoms. The second-order valence-corrected chi connectivity index (χ2v) is 10.0. The van der Waals surface area contributed by atoms with Crippen molar-refractivity contribution in [1.82, 2.24) is 20.2 Å². The van der Waals surface area contributed by atoms with Crippen molar-refractivity contribution >= 4 is 29.4 Å². The van der Waals surface area contributed by atoms with Gasteiger partial charge in [0.2, 0.25) is 11.9 Å². The average Bonchev–Trinajstić information content (AvgIpc) is 3.24. The third-order valence-corrected chi connectivity index (χ3v) is 7.17. The number of aromatic nitrogens is 2. The van der Waals surface area contributed by atoms with Gasteiger partial charge < -0.3 is 25.4 Å². The van der Waals surface area contributed by atoms with E-state index >= 15 is 0 Å². The van der Waals surface area contributed by atoms with Gasteiger partial charge in [-0.3, -0.25) is 9.59 Å². The van der Waals surface area contributed by atoms with Crippen LogP contribution in [-0.2, 0) is 22.3 Å². The van der Waals surface area contributed by atoms with Crippen LogP contribution in [0.15, 0.2) is 48.7 Å². The van der Waals surface area contributed by atoms with Crippen LogP contribution in [0.5, 0.6) is 0 Å². The number of hydrogen-bond donors (Lipinski definition) is 3. The molecule has 1 saturated heterocycles. The number of alkyl halides is 3. The predicted octanol–water partition coefficient (Wildman–Crippen LogP) is 3.82. The number of nitrogens with one attached hydrogen (secondary N) is 2. The first-order chi connectivity index (χ1) is 19.0. The summed E-state index contributed by atoms with van der Waals surface area (Å²) < 4.78 is 44.6. The van der Waals surface area contributed by atoms with Crippen LogP contribution in [0, 0.1) is 0 Å². The van der Waals surface area contributed by atoms with E-state index in [0.29, 0.717) is 46.6 Å². The highest BCUT2D eigenvalue weighted by Gasteiger charge is 2.36.